The van der Waals surface area contributed by atoms with Gasteiger partial charge in [-0.05, 0) is 78.7 Å². The van der Waals surface area contributed by atoms with Crippen molar-refractivity contribution in [2.24, 2.45) is 0 Å². The molecular weight excluding hydrogens is 480 g/mol. The number of nitrogens with one attached hydrogen (secondary N) is 1. The minimum absolute atomic E-state index is 0.304. The van der Waals surface area contributed by atoms with Crippen molar-refractivity contribution in [3.05, 3.63) is 113 Å². The van der Waals surface area contributed by atoms with Gasteiger partial charge in [-0.3, -0.25) is 4.79 Å². The molecule has 0 saturated carbocycles. The maximum Gasteiger partial charge on any atom is 0.344 e. The molecule has 8 heteroatoms. The van der Waals surface area contributed by atoms with Crippen molar-refractivity contribution in [3.63, 3.8) is 0 Å². The fourth-order valence-electron chi connectivity index (χ4n) is 4.32. The molecule has 2 heterocycles. The number of amides is 1. The third-order valence-electron chi connectivity index (χ3n) is 6.36. The summed E-state index contributed by atoms with van der Waals surface area (Å²) in [5.41, 5.74) is 5.09. The Labute approximate surface area is 217 Å². The van der Waals surface area contributed by atoms with Gasteiger partial charge >= 0.3 is 5.63 Å². The molecular formula is C30H22N4O4. The van der Waals surface area contributed by atoms with Crippen molar-refractivity contribution < 1.29 is 13.9 Å². The second-order valence-electron chi connectivity index (χ2n) is 8.86. The van der Waals surface area contributed by atoms with Gasteiger partial charge in [0.25, 0.3) is 5.91 Å². The normalized spacial score (nSPS) is 11.1. The predicted molar refractivity (Wildman–Crippen MR) is 146 cm³/mol. The third kappa shape index (κ3) is 4.28. The number of rotatable bonds is 5. The topological polar surface area (TPSA) is 99.2 Å². The zero-order valence-electron chi connectivity index (χ0n) is 20.6. The Balaban J connectivity index is 1.29. The van der Waals surface area contributed by atoms with Crippen molar-refractivity contribution in [2.45, 2.75) is 6.92 Å². The van der Waals surface area contributed by atoms with Crippen molar-refractivity contribution >= 4 is 33.6 Å². The summed E-state index contributed by atoms with van der Waals surface area (Å²) in [4.78, 5) is 27.4. The molecule has 0 atom stereocenters. The van der Waals surface area contributed by atoms with Crippen LogP contribution >= 0.6 is 0 Å². The monoisotopic (exact) mass is 502 g/mol. The zero-order valence-corrected chi connectivity index (χ0v) is 20.6. The molecule has 186 valence electrons. The second-order valence-corrected chi connectivity index (χ2v) is 8.86. The van der Waals surface area contributed by atoms with Crippen molar-refractivity contribution in [3.8, 4) is 22.6 Å². The lowest BCUT2D eigenvalue weighted by Crippen LogP contribution is -2.13. The fraction of sp³-hybridized carbons (Fsp3) is 0.0667. The fourth-order valence-corrected chi connectivity index (χ4v) is 4.32. The third-order valence-corrected chi connectivity index (χ3v) is 6.36. The van der Waals surface area contributed by atoms with Crippen LogP contribution in [0.15, 0.2) is 100 Å². The Morgan fingerprint density at radius 3 is 2.45 bits per heavy atom. The number of carbonyl (C=O) groups excluding carboxylic acids is 1. The van der Waals surface area contributed by atoms with E-state index in [0.29, 0.717) is 39.0 Å². The molecule has 38 heavy (non-hydrogen) atoms. The van der Waals surface area contributed by atoms with Gasteiger partial charge in [-0.25, -0.2) is 4.79 Å². The van der Waals surface area contributed by atoms with E-state index in [2.05, 4.69) is 15.5 Å². The molecule has 2 aromatic heterocycles. The van der Waals surface area contributed by atoms with E-state index in [9.17, 15) is 9.59 Å². The molecule has 0 aliphatic carbocycles. The Morgan fingerprint density at radius 1 is 0.895 bits per heavy atom. The Morgan fingerprint density at radius 2 is 1.66 bits per heavy atom. The van der Waals surface area contributed by atoms with Crippen molar-refractivity contribution in [1.82, 2.24) is 15.0 Å². The van der Waals surface area contributed by atoms with E-state index in [4.69, 9.17) is 9.15 Å². The van der Waals surface area contributed by atoms with Crippen molar-refractivity contribution in [2.75, 3.05) is 12.4 Å². The van der Waals surface area contributed by atoms with E-state index in [1.165, 1.54) is 0 Å². The number of anilines is 1. The number of fused-ring (bicyclic) bond motifs is 2. The summed E-state index contributed by atoms with van der Waals surface area (Å²) in [6, 6.07) is 27.1. The first-order valence-electron chi connectivity index (χ1n) is 12.0. The van der Waals surface area contributed by atoms with Gasteiger partial charge in [-0.1, -0.05) is 30.3 Å². The van der Waals surface area contributed by atoms with E-state index >= 15 is 0 Å². The number of hydrogen-bond acceptors (Lipinski definition) is 6. The molecule has 1 N–H and O–H groups in total. The molecule has 0 unspecified atom stereocenters. The van der Waals surface area contributed by atoms with E-state index in [1.807, 2.05) is 55.5 Å². The number of hydrogen-bond donors (Lipinski definition) is 1. The molecule has 6 aromatic rings. The molecule has 0 aliphatic heterocycles. The summed E-state index contributed by atoms with van der Waals surface area (Å²) in [6.45, 7) is 1.90. The van der Waals surface area contributed by atoms with Crippen LogP contribution in [0.2, 0.25) is 0 Å². The van der Waals surface area contributed by atoms with Crippen LogP contribution in [0.1, 0.15) is 15.9 Å². The van der Waals surface area contributed by atoms with Gasteiger partial charge in [0.15, 0.2) is 0 Å². The number of para-hydroxylation sites is 1. The Bertz CT molecular complexity index is 1890. The minimum atomic E-state index is -0.456. The smallest absolute Gasteiger partial charge is 0.344 e. The summed E-state index contributed by atoms with van der Waals surface area (Å²) in [5, 5.41) is 12.9. The first-order chi connectivity index (χ1) is 18.5. The van der Waals surface area contributed by atoms with Crippen LogP contribution in [-0.4, -0.2) is 28.0 Å². The van der Waals surface area contributed by atoms with Crippen LogP contribution in [0, 0.1) is 6.92 Å². The molecule has 8 nitrogen and oxygen atoms in total. The summed E-state index contributed by atoms with van der Waals surface area (Å²) < 4.78 is 10.7. The van der Waals surface area contributed by atoms with Gasteiger partial charge in [0.05, 0.1) is 18.4 Å². The molecule has 4 aromatic carbocycles. The molecule has 0 radical (unpaired) electrons. The minimum Gasteiger partial charge on any atom is -0.497 e. The highest BCUT2D eigenvalue weighted by atomic mass is 16.5. The number of aryl methyl sites for hydroxylation is 1. The molecule has 0 fully saturated rings. The van der Waals surface area contributed by atoms with E-state index in [1.54, 1.807) is 54.4 Å². The van der Waals surface area contributed by atoms with E-state index in [-0.39, 0.29) is 5.91 Å². The predicted octanol–water partition coefficient (Wildman–Crippen LogP) is 5.76. The first kappa shape index (κ1) is 23.2. The quantitative estimate of drug-likeness (QED) is 0.301. The highest BCUT2D eigenvalue weighted by Gasteiger charge is 2.14. The molecule has 0 bridgehead atoms. The van der Waals surface area contributed by atoms with E-state index < -0.39 is 5.63 Å². The van der Waals surface area contributed by atoms with Crippen LogP contribution in [-0.2, 0) is 0 Å². The standard InChI is InChI=1S/C30H22N4O4/c1-18-14-26-27(33-34(32-26)22-10-12-23(37-2)13-11-22)17-25(18)31-29(35)21-8-5-7-19(15-21)24-16-20-6-3-4-9-28(20)38-30(24)36/h3-17H,1-2H3,(H,31,35). The Hall–Kier alpha value is -5.24. The van der Waals surface area contributed by atoms with Crippen LogP contribution < -0.4 is 15.7 Å². The summed E-state index contributed by atoms with van der Waals surface area (Å²) in [6.07, 6.45) is 0. The number of ether oxygens (including phenoxy) is 1. The average molecular weight is 503 g/mol. The number of nitrogens with zero attached hydrogens (tertiary/aromatic N) is 3. The molecule has 0 saturated heterocycles. The largest absolute Gasteiger partial charge is 0.497 e. The summed E-state index contributed by atoms with van der Waals surface area (Å²) in [5.74, 6) is 0.443. The lowest BCUT2D eigenvalue weighted by Gasteiger charge is -2.09. The maximum absolute atomic E-state index is 13.2. The molecule has 6 rings (SSSR count). The van der Waals surface area contributed by atoms with E-state index in [0.717, 1.165) is 22.4 Å². The summed E-state index contributed by atoms with van der Waals surface area (Å²) in [7, 11) is 1.62. The van der Waals surface area contributed by atoms with Gasteiger partial charge in [0, 0.05) is 16.6 Å². The van der Waals surface area contributed by atoms with Gasteiger partial charge < -0.3 is 14.5 Å². The van der Waals surface area contributed by atoms with Crippen LogP contribution in [0.3, 0.4) is 0 Å². The number of carbonyl (C=O) groups is 1. The highest BCUT2D eigenvalue weighted by molar-refractivity contribution is 6.06. The molecule has 1 amide bonds. The molecule has 0 aliphatic rings. The number of aromatic nitrogens is 3. The van der Waals surface area contributed by atoms with Gasteiger partial charge in [-0.15, -0.1) is 10.2 Å². The molecule has 0 spiro atoms. The van der Waals surface area contributed by atoms with Gasteiger partial charge in [-0.2, -0.15) is 4.80 Å². The Kier molecular flexibility index (Phi) is 5.69. The zero-order chi connectivity index (χ0) is 26.2. The number of methoxy groups -OCH3 is 1. The first-order valence-corrected chi connectivity index (χ1v) is 12.0. The SMILES string of the molecule is COc1ccc(-n2nc3cc(C)c(NC(=O)c4cccc(-c5cc6ccccc6oc5=O)c4)cc3n2)cc1. The van der Waals surface area contributed by atoms with Crippen LogP contribution in [0.25, 0.3) is 38.8 Å². The number of benzene rings is 4. The van der Waals surface area contributed by atoms with Crippen LogP contribution in [0.5, 0.6) is 5.75 Å². The second kappa shape index (κ2) is 9.33. The van der Waals surface area contributed by atoms with Gasteiger partial charge in [0.2, 0.25) is 0 Å². The van der Waals surface area contributed by atoms with Gasteiger partial charge in [0.1, 0.15) is 22.4 Å². The maximum atomic E-state index is 13.2. The lowest BCUT2D eigenvalue weighted by molar-refractivity contribution is 0.102. The van der Waals surface area contributed by atoms with Crippen molar-refractivity contribution in [1.29, 1.82) is 0 Å². The summed E-state index contributed by atoms with van der Waals surface area (Å²) >= 11 is 0. The van der Waals surface area contributed by atoms with Crippen LogP contribution in [0.4, 0.5) is 5.69 Å². The lowest BCUT2D eigenvalue weighted by atomic mass is 10.0. The average Bonchev–Trinajstić information content (AvgIpc) is 3.35. The highest BCUT2D eigenvalue weighted by Crippen LogP contribution is 2.25.